The van der Waals surface area contributed by atoms with Crippen molar-refractivity contribution in [2.24, 2.45) is 5.92 Å². The highest BCUT2D eigenvalue weighted by atomic mass is 16.6. The number of nitro groups is 3. The van der Waals surface area contributed by atoms with E-state index in [9.17, 15) is 30.3 Å². The highest BCUT2D eigenvalue weighted by Gasteiger charge is 2.52. The summed E-state index contributed by atoms with van der Waals surface area (Å²) in [5.41, 5.74) is 4.60. The average molecular weight is 529 g/mol. The largest absolute Gasteiger partial charge is 0.659 e. The fraction of sp³-hybridized carbons (Fsp3) is 0.286. The molecule has 1 saturated carbocycles. The summed E-state index contributed by atoms with van der Waals surface area (Å²) < 4.78 is 3.33. The molecule has 0 bridgehead atoms. The number of nitrogens with zero attached hydrogens (tertiary/aromatic N) is 3. The minimum absolute atomic E-state index is 0.0126. The average Bonchev–Trinajstić information content (AvgIpc) is 3.27. The molecule has 3 aromatic rings. The van der Waals surface area contributed by atoms with Gasteiger partial charge in [0.2, 0.25) is 0 Å². The third-order valence-corrected chi connectivity index (χ3v) is 8.37. The molecule has 0 aromatic heterocycles. The van der Waals surface area contributed by atoms with Crippen LogP contribution in [0.15, 0.2) is 78.4 Å². The Morgan fingerprint density at radius 1 is 0.667 bits per heavy atom. The second kappa shape index (κ2) is 10.4. The summed E-state index contributed by atoms with van der Waals surface area (Å²) in [7, 11) is 1.93. The van der Waals surface area contributed by atoms with E-state index in [1.54, 1.807) is 36.4 Å². The summed E-state index contributed by atoms with van der Waals surface area (Å²) in [6.45, 7) is 0.574. The molecule has 2 aliphatic rings. The van der Waals surface area contributed by atoms with E-state index in [-0.39, 0.29) is 17.1 Å². The molecule has 1 fully saturated rings. The van der Waals surface area contributed by atoms with Crippen molar-refractivity contribution in [2.45, 2.75) is 32.1 Å². The molecule has 0 radical (unpaired) electrons. The van der Waals surface area contributed by atoms with Crippen LogP contribution in [-0.4, -0.2) is 34.8 Å². The van der Waals surface area contributed by atoms with Crippen LogP contribution in [-0.2, 0) is 4.28 Å². The van der Waals surface area contributed by atoms with Crippen LogP contribution < -0.4 is 10.9 Å². The molecule has 0 unspecified atom stereocenters. The minimum Gasteiger partial charge on any atom is -0.659 e. The van der Waals surface area contributed by atoms with Crippen LogP contribution in [0, 0.1) is 36.3 Å². The van der Waals surface area contributed by atoms with Crippen molar-refractivity contribution >= 4 is 39.8 Å². The predicted molar refractivity (Wildman–Crippen MR) is 150 cm³/mol. The molecule has 10 nitrogen and oxygen atoms in total. The molecule has 5 rings (SSSR count). The van der Waals surface area contributed by atoms with Crippen molar-refractivity contribution in [1.29, 1.82) is 0 Å². The van der Waals surface area contributed by atoms with Crippen LogP contribution in [0.2, 0.25) is 0 Å². The quantitative estimate of drug-likeness (QED) is 0.178. The third-order valence-electron chi connectivity index (χ3n) is 8.37. The molecular formula is C28H28BN3O7. The van der Waals surface area contributed by atoms with E-state index < -0.39 is 21.1 Å². The van der Waals surface area contributed by atoms with E-state index in [0.29, 0.717) is 12.5 Å². The van der Waals surface area contributed by atoms with Gasteiger partial charge in [-0.25, -0.2) is 0 Å². The van der Waals surface area contributed by atoms with Gasteiger partial charge >= 0.3 is 6.35 Å². The molecule has 0 N–H and O–H groups in total. The number of non-ortho nitro benzene ring substituents is 3. The third kappa shape index (κ3) is 4.59. The number of benzene rings is 3. The fourth-order valence-electron chi connectivity index (χ4n) is 6.61. The molecule has 0 saturated heterocycles. The first-order chi connectivity index (χ1) is 18.7. The van der Waals surface area contributed by atoms with E-state index in [1.807, 2.05) is 7.11 Å². The summed E-state index contributed by atoms with van der Waals surface area (Å²) in [4.78, 5) is 33.0. The molecule has 1 aliphatic carbocycles. The van der Waals surface area contributed by atoms with E-state index in [0.717, 1.165) is 47.6 Å². The van der Waals surface area contributed by atoms with Crippen molar-refractivity contribution in [3.8, 4) is 0 Å². The predicted octanol–water partition coefficient (Wildman–Crippen LogP) is 5.24. The molecule has 200 valence electrons. The number of hydrogen-bond donors (Lipinski definition) is 0. The maximum atomic E-state index is 11.4. The van der Waals surface area contributed by atoms with Gasteiger partial charge in [-0.2, -0.15) is 0 Å². The summed E-state index contributed by atoms with van der Waals surface area (Å²) in [6, 6.07) is 19.4. The summed E-state index contributed by atoms with van der Waals surface area (Å²) in [5.74, 6) is 0.318. The molecule has 1 heterocycles. The molecular weight excluding hydrogens is 501 g/mol. The van der Waals surface area contributed by atoms with Gasteiger partial charge in [0.1, 0.15) is 6.61 Å². The monoisotopic (exact) mass is 529 g/mol. The Morgan fingerprint density at radius 3 is 1.49 bits per heavy atom. The maximum Gasteiger partial charge on any atom is 0.377 e. The standard InChI is InChI=1S/C28H28BN3O7/c1-39-19-27(20-5-3-2-4-6-20)28(21-7-13-24(14-8-21)30(33)34)29(39,22-9-15-25(16-10-22)31(35)36)23-11-17-26(18-12-23)32(37)38/h7-18,20H,2-6,19H2,1H3. The first kappa shape index (κ1) is 26.2. The Hall–Kier alpha value is -4.38. The Kier molecular flexibility index (Phi) is 7.01. The van der Waals surface area contributed by atoms with Crippen LogP contribution in [0.1, 0.15) is 37.7 Å². The summed E-state index contributed by atoms with van der Waals surface area (Å²) >= 11 is 0. The Morgan fingerprint density at radius 2 is 1.08 bits per heavy atom. The lowest BCUT2D eigenvalue weighted by Crippen LogP contribution is -2.64. The fourth-order valence-corrected chi connectivity index (χ4v) is 6.61. The van der Waals surface area contributed by atoms with Crippen LogP contribution in [0.3, 0.4) is 0 Å². The lowest BCUT2D eigenvalue weighted by molar-refractivity contribution is -0.385. The van der Waals surface area contributed by atoms with Crippen LogP contribution in [0.5, 0.6) is 0 Å². The Balaban J connectivity index is 1.81. The van der Waals surface area contributed by atoms with Gasteiger partial charge in [-0.3, -0.25) is 30.3 Å². The molecule has 0 amide bonds. The number of hydrogen-bond acceptors (Lipinski definition) is 6. The van der Waals surface area contributed by atoms with Crippen molar-refractivity contribution in [2.75, 3.05) is 13.7 Å². The van der Waals surface area contributed by atoms with E-state index in [4.69, 9.17) is 0 Å². The summed E-state index contributed by atoms with van der Waals surface area (Å²) in [5, 5.41) is 34.3. The van der Waals surface area contributed by atoms with Crippen LogP contribution in [0.25, 0.3) is 5.47 Å². The maximum absolute atomic E-state index is 11.4. The highest BCUT2D eigenvalue weighted by molar-refractivity contribution is 7.12. The van der Waals surface area contributed by atoms with Crippen molar-refractivity contribution < 1.29 is 19.1 Å². The molecule has 0 spiro atoms. The van der Waals surface area contributed by atoms with Gasteiger partial charge in [-0.05, 0) is 24.3 Å². The zero-order valence-electron chi connectivity index (χ0n) is 21.5. The van der Waals surface area contributed by atoms with Crippen molar-refractivity contribution in [3.63, 3.8) is 0 Å². The normalized spacial score (nSPS) is 17.8. The SMILES string of the molecule is C[O+]1CC(C2CCCCC2)=C(c2ccc([N+](=O)[O-])cc2)[B-]1(c1ccc([N+](=O)[O-])cc1)c1ccc([N+](=O)[O-])cc1. The molecule has 39 heavy (non-hydrogen) atoms. The van der Waals surface area contributed by atoms with Gasteiger partial charge in [0, 0.05) is 36.4 Å². The van der Waals surface area contributed by atoms with Gasteiger partial charge in [0.15, 0.2) is 0 Å². The Bertz CT molecular complexity index is 1390. The van der Waals surface area contributed by atoms with Gasteiger partial charge in [-0.1, -0.05) is 66.7 Å². The smallest absolute Gasteiger partial charge is 0.377 e. The van der Waals surface area contributed by atoms with E-state index in [1.165, 1.54) is 48.4 Å². The lowest BCUT2D eigenvalue weighted by Gasteiger charge is -2.43. The van der Waals surface area contributed by atoms with Crippen molar-refractivity contribution in [1.82, 2.24) is 0 Å². The Labute approximate surface area is 225 Å². The number of rotatable bonds is 7. The first-order valence-electron chi connectivity index (χ1n) is 13.0. The van der Waals surface area contributed by atoms with Gasteiger partial charge in [0.05, 0.1) is 21.9 Å². The van der Waals surface area contributed by atoms with Gasteiger partial charge in [-0.15, -0.1) is 10.9 Å². The highest BCUT2D eigenvalue weighted by Crippen LogP contribution is 2.46. The van der Waals surface area contributed by atoms with Crippen LogP contribution in [0.4, 0.5) is 17.1 Å². The van der Waals surface area contributed by atoms with E-state index >= 15 is 0 Å². The van der Waals surface area contributed by atoms with Crippen molar-refractivity contribution in [3.05, 3.63) is 114 Å². The topological polar surface area (TPSA) is 132 Å². The molecule has 11 heteroatoms. The lowest BCUT2D eigenvalue weighted by atomic mass is 9.26. The zero-order chi connectivity index (χ0) is 27.7. The second-order valence-corrected chi connectivity index (χ2v) is 10.4. The molecule has 0 atom stereocenters. The molecule has 1 aliphatic heterocycles. The second-order valence-electron chi connectivity index (χ2n) is 10.4. The number of nitro benzene ring substituents is 3. The van der Waals surface area contributed by atoms with Gasteiger partial charge in [0.25, 0.3) is 17.1 Å². The van der Waals surface area contributed by atoms with Gasteiger partial charge < -0.3 is 4.28 Å². The van der Waals surface area contributed by atoms with E-state index in [2.05, 4.69) is 4.28 Å². The first-order valence-corrected chi connectivity index (χ1v) is 13.0. The molecule has 3 aromatic carbocycles. The zero-order valence-corrected chi connectivity index (χ0v) is 21.5. The minimum atomic E-state index is -1.97. The van der Waals surface area contributed by atoms with Crippen LogP contribution >= 0.6 is 0 Å². The summed E-state index contributed by atoms with van der Waals surface area (Å²) in [6.07, 6.45) is 3.51.